The van der Waals surface area contributed by atoms with E-state index >= 15 is 0 Å². The second-order valence-corrected chi connectivity index (χ2v) is 14.3. The maximum Gasteiger partial charge on any atom is 0.252 e. The molecule has 252 valence electrons. The normalized spacial score (nSPS) is 17.6. The van der Waals surface area contributed by atoms with E-state index in [1.54, 1.807) is 7.11 Å². The van der Waals surface area contributed by atoms with Crippen molar-refractivity contribution in [2.24, 2.45) is 5.92 Å². The van der Waals surface area contributed by atoms with Gasteiger partial charge in [0.2, 0.25) is 14.6 Å². The van der Waals surface area contributed by atoms with Crippen molar-refractivity contribution in [3.05, 3.63) is 58.8 Å². The van der Waals surface area contributed by atoms with Crippen molar-refractivity contribution in [1.29, 1.82) is 0 Å². The third-order valence-electron chi connectivity index (χ3n) is 8.60. The van der Waals surface area contributed by atoms with Crippen LogP contribution in [0.15, 0.2) is 47.7 Å². The van der Waals surface area contributed by atoms with Crippen molar-refractivity contribution < 1.29 is 28.2 Å². The third-order valence-corrected chi connectivity index (χ3v) is 10.5. The molecule has 0 spiro atoms. The minimum atomic E-state index is -1.20. The molecule has 46 heavy (non-hydrogen) atoms. The van der Waals surface area contributed by atoms with Gasteiger partial charge in [0.15, 0.2) is 0 Å². The lowest BCUT2D eigenvalue weighted by Crippen LogP contribution is -2.40. The number of allylic oxidation sites excluding steroid dienone is 1. The van der Waals surface area contributed by atoms with Crippen LogP contribution in [-0.4, -0.2) is 68.5 Å². The Balaban J connectivity index is 1.72. The van der Waals surface area contributed by atoms with Crippen LogP contribution < -0.4 is 15.5 Å². The van der Waals surface area contributed by atoms with E-state index in [4.69, 9.17) is 18.6 Å². The quantitative estimate of drug-likeness (QED) is 0.168. The fourth-order valence-corrected chi connectivity index (χ4v) is 7.80. The van der Waals surface area contributed by atoms with Gasteiger partial charge in [0.05, 0.1) is 12.2 Å². The van der Waals surface area contributed by atoms with Gasteiger partial charge in [-0.3, -0.25) is 9.63 Å². The monoisotopic (exact) mass is 652 g/mol. The van der Waals surface area contributed by atoms with Crippen LogP contribution in [-0.2, 0) is 18.6 Å². The van der Waals surface area contributed by atoms with E-state index < -0.39 is 8.38 Å². The summed E-state index contributed by atoms with van der Waals surface area (Å²) in [4.78, 5) is 22.2. The number of nitrogens with zero attached hydrogens (tertiary/aromatic N) is 2. The summed E-state index contributed by atoms with van der Waals surface area (Å²) in [5.41, 5.74) is 7.15. The first-order valence-corrected chi connectivity index (χ1v) is 18.1. The smallest absolute Gasteiger partial charge is 0.252 e. The summed E-state index contributed by atoms with van der Waals surface area (Å²) in [5, 5.41) is 4.28. The molecule has 1 atom stereocenters. The number of hydrogen-bond acceptors (Lipinski definition) is 6. The number of nitrogens with one attached hydrogen (secondary N) is 1. The van der Waals surface area contributed by atoms with E-state index in [0.717, 1.165) is 78.8 Å². The first kappa shape index (κ1) is 36.1. The lowest BCUT2D eigenvalue weighted by Gasteiger charge is -2.37. The van der Waals surface area contributed by atoms with E-state index in [0.29, 0.717) is 24.1 Å². The van der Waals surface area contributed by atoms with Crippen LogP contribution in [0.1, 0.15) is 90.1 Å². The SMILES string of the molecule is CCC1=C(CNC(=O)c2cc(-c3ccc(P(OC(C)C)OC(C)C)cc3)cc(N(CC)C3CCOCC3)c2C)[N+](OC)=CC(C)C1. The summed E-state index contributed by atoms with van der Waals surface area (Å²) >= 11 is 0. The molecule has 1 saturated heterocycles. The Kier molecular flexibility index (Phi) is 13.2. The molecule has 2 aromatic rings. The second-order valence-electron chi connectivity index (χ2n) is 12.8. The molecule has 2 aliphatic heterocycles. The number of rotatable bonds is 14. The molecule has 9 heteroatoms. The topological polar surface area (TPSA) is 72.3 Å². The van der Waals surface area contributed by atoms with Crippen molar-refractivity contribution >= 4 is 31.5 Å². The van der Waals surface area contributed by atoms with Crippen LogP contribution >= 0.6 is 8.38 Å². The Morgan fingerprint density at radius 1 is 1.04 bits per heavy atom. The molecule has 1 amide bonds. The molecular weight excluding hydrogens is 597 g/mol. The first-order chi connectivity index (χ1) is 22.1. The molecule has 1 unspecified atom stereocenters. The van der Waals surface area contributed by atoms with Gasteiger partial charge in [0, 0.05) is 58.6 Å². The van der Waals surface area contributed by atoms with Crippen LogP contribution in [0, 0.1) is 12.8 Å². The van der Waals surface area contributed by atoms with Gasteiger partial charge in [-0.1, -0.05) is 26.0 Å². The van der Waals surface area contributed by atoms with Crippen LogP contribution in [0.25, 0.3) is 11.1 Å². The Labute approximate surface area is 278 Å². The van der Waals surface area contributed by atoms with Crippen LogP contribution in [0.4, 0.5) is 5.69 Å². The van der Waals surface area contributed by atoms with E-state index in [-0.39, 0.29) is 18.1 Å². The van der Waals surface area contributed by atoms with Gasteiger partial charge >= 0.3 is 0 Å². The molecule has 0 aromatic heterocycles. The molecule has 2 aromatic carbocycles. The van der Waals surface area contributed by atoms with Gasteiger partial charge in [-0.05, 0) is 108 Å². The minimum Gasteiger partial charge on any atom is -0.381 e. The first-order valence-electron chi connectivity index (χ1n) is 17.0. The van der Waals surface area contributed by atoms with Gasteiger partial charge in [0.25, 0.3) is 11.6 Å². The van der Waals surface area contributed by atoms with E-state index in [2.05, 4.69) is 74.5 Å². The summed E-state index contributed by atoms with van der Waals surface area (Å²) in [6, 6.07) is 13.1. The van der Waals surface area contributed by atoms with Gasteiger partial charge in [0.1, 0.15) is 13.7 Å². The van der Waals surface area contributed by atoms with E-state index in [1.807, 2.05) is 38.5 Å². The van der Waals surface area contributed by atoms with E-state index in [9.17, 15) is 4.79 Å². The van der Waals surface area contributed by atoms with Crippen molar-refractivity contribution in [2.45, 2.75) is 99.3 Å². The van der Waals surface area contributed by atoms with E-state index in [1.165, 1.54) is 5.57 Å². The summed E-state index contributed by atoms with van der Waals surface area (Å²) in [7, 11) is 0.482. The predicted octanol–water partition coefficient (Wildman–Crippen LogP) is 7.53. The van der Waals surface area contributed by atoms with Crippen LogP contribution in [0.5, 0.6) is 0 Å². The highest BCUT2D eigenvalue weighted by atomic mass is 31.2. The Morgan fingerprint density at radius 2 is 1.70 bits per heavy atom. The van der Waals surface area contributed by atoms with Crippen molar-refractivity contribution in [2.75, 3.05) is 38.3 Å². The molecule has 0 bridgehead atoms. The zero-order valence-electron chi connectivity index (χ0n) is 29.4. The largest absolute Gasteiger partial charge is 0.381 e. The van der Waals surface area contributed by atoms with Crippen LogP contribution in [0.2, 0.25) is 0 Å². The maximum atomic E-state index is 14.1. The minimum absolute atomic E-state index is 0.0607. The highest BCUT2D eigenvalue weighted by Gasteiger charge is 2.29. The molecule has 2 heterocycles. The highest BCUT2D eigenvalue weighted by Crippen LogP contribution is 2.41. The Morgan fingerprint density at radius 3 is 2.26 bits per heavy atom. The van der Waals surface area contributed by atoms with Crippen molar-refractivity contribution in [3.63, 3.8) is 0 Å². The van der Waals surface area contributed by atoms with Gasteiger partial charge in [-0.15, -0.1) is 0 Å². The maximum absolute atomic E-state index is 14.1. The second kappa shape index (κ2) is 16.9. The molecular formula is C37H55N3O5P+. The Hall–Kier alpha value is -2.77. The molecule has 4 rings (SSSR count). The Bertz CT molecular complexity index is 1370. The number of anilines is 1. The number of hydrogen-bond donors (Lipinski definition) is 1. The number of carbonyl (C=O) groups excluding carboxylic acids is 1. The zero-order chi connectivity index (χ0) is 33.4. The summed E-state index contributed by atoms with van der Waals surface area (Å²) in [5.74, 6) is 0.301. The molecule has 2 aliphatic rings. The van der Waals surface area contributed by atoms with Gasteiger partial charge in [-0.25, -0.2) is 0 Å². The van der Waals surface area contributed by atoms with Crippen molar-refractivity contribution in [1.82, 2.24) is 5.32 Å². The number of ether oxygens (including phenoxy) is 1. The highest BCUT2D eigenvalue weighted by molar-refractivity contribution is 7.56. The summed E-state index contributed by atoms with van der Waals surface area (Å²) < 4.78 is 19.8. The molecule has 1 N–H and O–H groups in total. The molecule has 0 saturated carbocycles. The fraction of sp³-hybridized carbons (Fsp3) is 0.568. The zero-order valence-corrected chi connectivity index (χ0v) is 30.3. The lowest BCUT2D eigenvalue weighted by atomic mass is 9.94. The molecule has 1 fully saturated rings. The number of benzene rings is 2. The average Bonchev–Trinajstić information content (AvgIpc) is 3.04. The van der Waals surface area contributed by atoms with Gasteiger partial charge in [-0.2, -0.15) is 0 Å². The standard InChI is InChI=1S/C37H54N3O5P/c1-10-29-20-27(7)24-40(42-9)36(29)23-38-37(41)34-21-31(22-35(28(34)8)39(11-2)32-16-18-43-19-17-32)30-12-14-33(15-13-30)46(44-25(3)4)45-26(5)6/h12-15,21-22,24-27,32H,10-11,16-20,23H2,1-9H3/p+1. The predicted molar refractivity (Wildman–Crippen MR) is 189 cm³/mol. The van der Waals surface area contributed by atoms with Crippen molar-refractivity contribution in [3.8, 4) is 11.1 Å². The number of hydroxylamine groups is 1. The summed E-state index contributed by atoms with van der Waals surface area (Å²) in [6.07, 6.45) is 6.04. The number of amides is 1. The molecule has 0 aliphatic carbocycles. The van der Waals surface area contributed by atoms with Crippen LogP contribution in [0.3, 0.4) is 0 Å². The number of carbonyl (C=O) groups is 1. The molecule has 8 nitrogen and oxygen atoms in total. The summed E-state index contributed by atoms with van der Waals surface area (Å²) in [6.45, 7) is 19.5. The average molecular weight is 653 g/mol. The lowest BCUT2D eigenvalue weighted by molar-refractivity contribution is -0.745. The molecule has 0 radical (unpaired) electrons. The van der Waals surface area contributed by atoms with Gasteiger partial charge < -0.3 is 24.0 Å². The fourth-order valence-electron chi connectivity index (χ4n) is 6.34. The third kappa shape index (κ3) is 8.97.